The third kappa shape index (κ3) is 6.00. The third-order valence-corrected chi connectivity index (χ3v) is 3.39. The molecule has 0 saturated carbocycles. The quantitative estimate of drug-likeness (QED) is 0.748. The molecule has 1 aromatic rings. The van der Waals surface area contributed by atoms with E-state index < -0.39 is 5.97 Å². The second-order valence-electron chi connectivity index (χ2n) is 5.45. The first-order valence-corrected chi connectivity index (χ1v) is 7.35. The van der Waals surface area contributed by atoms with Crippen LogP contribution < -0.4 is 4.90 Å². The highest BCUT2D eigenvalue weighted by atomic mass is 16.4. The minimum Gasteiger partial charge on any atom is -0.478 e. The van der Waals surface area contributed by atoms with Crippen molar-refractivity contribution < 1.29 is 9.90 Å². The molecule has 0 fully saturated rings. The fourth-order valence-corrected chi connectivity index (χ4v) is 2.33. The molecular weight excluding hydrogens is 264 g/mol. The van der Waals surface area contributed by atoms with Gasteiger partial charge >= 0.3 is 5.97 Å². The fourth-order valence-electron chi connectivity index (χ4n) is 2.33. The Hall–Kier alpha value is -1.81. The van der Waals surface area contributed by atoms with Crippen LogP contribution in [0.15, 0.2) is 24.3 Å². The molecule has 1 aromatic carbocycles. The van der Waals surface area contributed by atoms with Gasteiger partial charge in [0.05, 0.1) is 0 Å². The van der Waals surface area contributed by atoms with Gasteiger partial charge in [0.1, 0.15) is 0 Å². The number of benzene rings is 1. The van der Waals surface area contributed by atoms with Crippen LogP contribution in [0.3, 0.4) is 0 Å². The molecule has 0 radical (unpaired) electrons. The lowest BCUT2D eigenvalue weighted by Gasteiger charge is -2.26. The Morgan fingerprint density at radius 3 is 2.52 bits per heavy atom. The molecule has 0 heterocycles. The summed E-state index contributed by atoms with van der Waals surface area (Å²) in [5.74, 6) is -0.921. The molecule has 21 heavy (non-hydrogen) atoms. The van der Waals surface area contributed by atoms with E-state index in [2.05, 4.69) is 43.8 Å². The van der Waals surface area contributed by atoms with Gasteiger partial charge < -0.3 is 14.9 Å². The lowest BCUT2D eigenvalue weighted by molar-refractivity contribution is -0.131. The lowest BCUT2D eigenvalue weighted by Crippen LogP contribution is -2.27. The number of anilines is 1. The van der Waals surface area contributed by atoms with E-state index >= 15 is 0 Å². The van der Waals surface area contributed by atoms with E-state index in [1.54, 1.807) is 6.08 Å². The van der Waals surface area contributed by atoms with Crippen LogP contribution in [0.2, 0.25) is 0 Å². The highest BCUT2D eigenvalue weighted by molar-refractivity contribution is 5.85. The van der Waals surface area contributed by atoms with E-state index in [1.165, 1.54) is 17.3 Å². The Bertz CT molecular complexity index is 496. The Balaban J connectivity index is 2.78. The number of carboxylic acids is 1. The SMILES string of the molecule is CCN(CCCN(C)C)c1ccc(/C=C/C(=O)O)cc1C. The van der Waals surface area contributed by atoms with Gasteiger partial charge in [0.2, 0.25) is 0 Å². The fraction of sp³-hybridized carbons (Fsp3) is 0.471. The van der Waals surface area contributed by atoms with Crippen LogP contribution in [0, 0.1) is 6.92 Å². The number of hydrogen-bond acceptors (Lipinski definition) is 3. The van der Waals surface area contributed by atoms with Crippen LogP contribution in [0.25, 0.3) is 6.08 Å². The van der Waals surface area contributed by atoms with Crippen molar-refractivity contribution in [1.29, 1.82) is 0 Å². The van der Waals surface area contributed by atoms with Gasteiger partial charge in [-0.3, -0.25) is 0 Å². The van der Waals surface area contributed by atoms with Crippen molar-refractivity contribution in [2.24, 2.45) is 0 Å². The van der Waals surface area contributed by atoms with Crippen molar-refractivity contribution in [3.8, 4) is 0 Å². The zero-order valence-corrected chi connectivity index (χ0v) is 13.5. The van der Waals surface area contributed by atoms with Crippen LogP contribution in [-0.2, 0) is 4.79 Å². The number of hydrogen-bond donors (Lipinski definition) is 1. The number of rotatable bonds is 8. The molecule has 0 spiro atoms. The van der Waals surface area contributed by atoms with E-state index in [4.69, 9.17) is 5.11 Å². The van der Waals surface area contributed by atoms with Crippen molar-refractivity contribution in [1.82, 2.24) is 4.90 Å². The molecule has 0 unspecified atom stereocenters. The number of aryl methyl sites for hydroxylation is 1. The number of aliphatic carboxylic acids is 1. The molecule has 1 N–H and O–H groups in total. The summed E-state index contributed by atoms with van der Waals surface area (Å²) in [6.07, 6.45) is 3.92. The van der Waals surface area contributed by atoms with Gasteiger partial charge in [-0.05, 0) is 70.2 Å². The smallest absolute Gasteiger partial charge is 0.328 e. The normalized spacial score (nSPS) is 11.3. The number of nitrogens with zero attached hydrogens (tertiary/aromatic N) is 2. The summed E-state index contributed by atoms with van der Waals surface area (Å²) in [5.41, 5.74) is 3.32. The number of carbonyl (C=O) groups is 1. The summed E-state index contributed by atoms with van der Waals surface area (Å²) in [6.45, 7) is 7.31. The Morgan fingerprint density at radius 2 is 2.00 bits per heavy atom. The minimum absolute atomic E-state index is 0.919. The van der Waals surface area contributed by atoms with Crippen LogP contribution in [0.5, 0.6) is 0 Å². The molecule has 1 rings (SSSR count). The van der Waals surface area contributed by atoms with Gasteiger partial charge in [0.15, 0.2) is 0 Å². The van der Waals surface area contributed by atoms with Gasteiger partial charge in [-0.1, -0.05) is 6.07 Å². The molecule has 0 aromatic heterocycles. The van der Waals surface area contributed by atoms with Gasteiger partial charge in [-0.15, -0.1) is 0 Å². The molecule has 0 amide bonds. The average Bonchev–Trinajstić information content (AvgIpc) is 2.42. The predicted octanol–water partition coefficient (Wildman–Crippen LogP) is 2.87. The van der Waals surface area contributed by atoms with Crippen LogP contribution >= 0.6 is 0 Å². The molecule has 0 aliphatic heterocycles. The van der Waals surface area contributed by atoms with Gasteiger partial charge in [0.25, 0.3) is 0 Å². The largest absolute Gasteiger partial charge is 0.478 e. The average molecular weight is 290 g/mol. The summed E-state index contributed by atoms with van der Waals surface area (Å²) in [7, 11) is 4.18. The summed E-state index contributed by atoms with van der Waals surface area (Å²) in [6, 6.07) is 6.08. The molecular formula is C17H26N2O2. The van der Waals surface area contributed by atoms with Crippen LogP contribution in [0.4, 0.5) is 5.69 Å². The van der Waals surface area contributed by atoms with E-state index in [9.17, 15) is 4.79 Å². The van der Waals surface area contributed by atoms with Gasteiger partial charge in [0, 0.05) is 24.9 Å². The van der Waals surface area contributed by atoms with Crippen molar-refractivity contribution in [2.75, 3.05) is 38.6 Å². The molecule has 0 aliphatic rings. The summed E-state index contributed by atoms with van der Waals surface area (Å²) < 4.78 is 0. The van der Waals surface area contributed by atoms with E-state index in [-0.39, 0.29) is 0 Å². The first-order valence-electron chi connectivity index (χ1n) is 7.35. The lowest BCUT2D eigenvalue weighted by atomic mass is 10.1. The van der Waals surface area contributed by atoms with Gasteiger partial charge in [-0.2, -0.15) is 0 Å². The zero-order chi connectivity index (χ0) is 15.8. The van der Waals surface area contributed by atoms with Gasteiger partial charge in [-0.25, -0.2) is 4.79 Å². The van der Waals surface area contributed by atoms with E-state index in [0.717, 1.165) is 31.6 Å². The van der Waals surface area contributed by atoms with Crippen molar-refractivity contribution in [3.63, 3.8) is 0 Å². The molecule has 0 aliphatic carbocycles. The molecule has 0 bridgehead atoms. The highest BCUT2D eigenvalue weighted by Gasteiger charge is 2.07. The molecule has 4 heteroatoms. The zero-order valence-electron chi connectivity index (χ0n) is 13.5. The van der Waals surface area contributed by atoms with E-state index in [1.807, 2.05) is 12.1 Å². The minimum atomic E-state index is -0.921. The standard InChI is InChI=1S/C17H26N2O2/c1-5-19(12-6-11-18(3)4)16-9-7-15(13-14(16)2)8-10-17(20)21/h7-10,13H,5-6,11-12H2,1-4H3,(H,20,21)/b10-8+. The molecule has 4 nitrogen and oxygen atoms in total. The maximum absolute atomic E-state index is 10.6. The summed E-state index contributed by atoms with van der Waals surface area (Å²) >= 11 is 0. The molecule has 0 atom stereocenters. The first-order chi connectivity index (χ1) is 9.93. The van der Waals surface area contributed by atoms with Crippen LogP contribution in [-0.4, -0.2) is 49.7 Å². The summed E-state index contributed by atoms with van der Waals surface area (Å²) in [5, 5.41) is 8.67. The Kier molecular flexibility index (Phi) is 6.96. The van der Waals surface area contributed by atoms with Crippen molar-refractivity contribution in [3.05, 3.63) is 35.4 Å². The second kappa shape index (κ2) is 8.47. The monoisotopic (exact) mass is 290 g/mol. The molecule has 116 valence electrons. The number of carboxylic acid groups (broad SMARTS) is 1. The van der Waals surface area contributed by atoms with E-state index in [0.29, 0.717) is 0 Å². The molecule has 0 saturated heterocycles. The predicted molar refractivity (Wildman–Crippen MR) is 88.9 cm³/mol. The highest BCUT2D eigenvalue weighted by Crippen LogP contribution is 2.22. The third-order valence-electron chi connectivity index (χ3n) is 3.39. The second-order valence-corrected chi connectivity index (χ2v) is 5.45. The maximum atomic E-state index is 10.6. The maximum Gasteiger partial charge on any atom is 0.328 e. The van der Waals surface area contributed by atoms with Crippen molar-refractivity contribution in [2.45, 2.75) is 20.3 Å². The van der Waals surface area contributed by atoms with Crippen molar-refractivity contribution >= 4 is 17.7 Å². The topological polar surface area (TPSA) is 43.8 Å². The Labute approximate surface area is 127 Å². The van der Waals surface area contributed by atoms with Crippen LogP contribution in [0.1, 0.15) is 24.5 Å². The Morgan fingerprint density at radius 1 is 1.29 bits per heavy atom. The first kappa shape index (κ1) is 17.2. The summed E-state index contributed by atoms with van der Waals surface area (Å²) in [4.78, 5) is 15.1.